The maximum Gasteiger partial charge on any atom is 0.330 e. The van der Waals surface area contributed by atoms with Crippen molar-refractivity contribution < 1.29 is 132 Å². The minimum atomic E-state index is -2.37. The molecule has 8 aliphatic heterocycles. The highest BCUT2D eigenvalue weighted by Gasteiger charge is 2.54. The maximum atomic E-state index is 16.6. The Labute approximate surface area is 783 Å². The number of fused-ring (bicyclic) bond motifs is 15. The van der Waals surface area contributed by atoms with Gasteiger partial charge in [0.15, 0.2) is 36.2 Å². The molecule has 0 radical (unpaired) electrons. The van der Waals surface area contributed by atoms with Crippen molar-refractivity contribution in [1.82, 2.24) is 47.4 Å². The summed E-state index contributed by atoms with van der Waals surface area (Å²) in [6.07, 6.45) is -5.89. The van der Waals surface area contributed by atoms with Crippen LogP contribution in [0.5, 0.6) is 46.0 Å². The number of rotatable bonds is 36. The number of aromatic hydroxyl groups is 3. The van der Waals surface area contributed by atoms with Crippen LogP contribution >= 0.6 is 11.6 Å². The van der Waals surface area contributed by atoms with Crippen LogP contribution < -0.4 is 68.2 Å². The van der Waals surface area contributed by atoms with E-state index in [1.807, 2.05) is 13.8 Å². The summed E-state index contributed by atoms with van der Waals surface area (Å²) in [5.74, 6) is -16.0. The second-order valence-electron chi connectivity index (χ2n) is 36.8. The smallest absolute Gasteiger partial charge is 0.330 e. The predicted octanol–water partition coefficient (Wildman–Crippen LogP) is 6.43. The van der Waals surface area contributed by atoms with Crippen molar-refractivity contribution in [3.63, 3.8) is 0 Å². The first-order valence-corrected chi connectivity index (χ1v) is 46.7. The van der Waals surface area contributed by atoms with Gasteiger partial charge in [0, 0.05) is 41.1 Å². The molecule has 0 saturated carbocycles. The first-order valence-electron chi connectivity index (χ1n) is 46.3. The third kappa shape index (κ3) is 26.2. The van der Waals surface area contributed by atoms with Gasteiger partial charge in [-0.3, -0.25) is 43.3 Å². The third-order valence-corrected chi connectivity index (χ3v) is 25.8. The normalized spacial score (nSPS) is 28.6. The van der Waals surface area contributed by atoms with Crippen LogP contribution in [-0.4, -0.2) is 245 Å². The Kier molecular flexibility index (Phi) is 36.7. The monoisotopic (exact) mass is 1890 g/mol. The van der Waals surface area contributed by atoms with Crippen molar-refractivity contribution in [2.45, 2.75) is 317 Å². The van der Waals surface area contributed by atoms with E-state index in [0.717, 1.165) is 126 Å². The van der Waals surface area contributed by atoms with Crippen LogP contribution in [0.15, 0.2) is 84.9 Å². The summed E-state index contributed by atoms with van der Waals surface area (Å²) in [4.78, 5) is 138. The minimum Gasteiger partial charge on any atom is -0.508 e. The number of phenolic OH excluding ortho intramolecular Hbond substituents is 3. The Hall–Kier alpha value is -10.1. The highest BCUT2D eigenvalue weighted by atomic mass is 35.5. The van der Waals surface area contributed by atoms with Gasteiger partial charge in [0.2, 0.25) is 59.3 Å². The van der Waals surface area contributed by atoms with E-state index in [2.05, 4.69) is 61.3 Å². The summed E-state index contributed by atoms with van der Waals surface area (Å²) in [7, 11) is 1.48. The molecule has 3 fully saturated rings. The molecular formula is C95H132ClN11O27. The van der Waals surface area contributed by atoms with Gasteiger partial charge in [0.1, 0.15) is 95.6 Å². The summed E-state index contributed by atoms with van der Waals surface area (Å²) < 4.78 is 53.2. The quantitative estimate of drug-likeness (QED) is 0.0192. The molecule has 22 N–H and O–H groups in total. The molecule has 8 amide bonds. The number of aliphatic hydroxyl groups excluding tert-OH is 6. The number of carboxylic acids is 1. The average Bonchev–Trinajstić information content (AvgIpc) is 0.761. The van der Waals surface area contributed by atoms with Gasteiger partial charge in [0.25, 0.3) is 0 Å². The van der Waals surface area contributed by atoms with Gasteiger partial charge in [-0.1, -0.05) is 153 Å². The summed E-state index contributed by atoms with van der Waals surface area (Å²) in [5.41, 5.74) is 6.99. The Morgan fingerprint density at radius 1 is 0.627 bits per heavy atom. The second kappa shape index (κ2) is 47.1. The Bertz CT molecular complexity index is 4900. The fourth-order valence-corrected chi connectivity index (χ4v) is 18.3. The van der Waals surface area contributed by atoms with Crippen molar-refractivity contribution in [2.75, 3.05) is 33.3 Å². The fraction of sp³-hybridized carbons (Fsp3) is 0.589. The SMILES string of the molecule is CCCCCCCCCCN(CCCCCCCCCC)CC(=O)N[C@@]1(C)C[C@H](O[C@H]2[C@H](Oc3c4cc5cc3Oc3ccc(cc3Cl)[C@@H](O)[C@@H](NC(=O)[C@@H](CC(C)C)NC)C(=O)N[C@@H](CC(N)=O)C(=O)N[C@H]5C(=O)N[C@H]3C(=O)N[C@H](C(=O)N[C@H](C(=O)O)c5cc(O)cc(O)c5-c5cc3ccc5O)[C@H](O[C@H]3C[C@](C)(N)[C@@H](O)[C@H](C)O3)c3ccc(cc3)O4)O[C@H](CO)[C@@H](O)[C@@H]2O)O[C@@H](C)[C@@H]1O. The number of amides is 8. The summed E-state index contributed by atoms with van der Waals surface area (Å²) in [6, 6.07) is 1.51. The van der Waals surface area contributed by atoms with Crippen LogP contribution in [0.25, 0.3) is 11.1 Å². The molecule has 13 rings (SSSR count). The van der Waals surface area contributed by atoms with E-state index in [4.69, 9.17) is 61.0 Å². The molecule has 3 saturated heterocycles. The number of ether oxygens (including phenoxy) is 8. The van der Waals surface area contributed by atoms with Gasteiger partial charge >= 0.3 is 5.97 Å². The van der Waals surface area contributed by atoms with Gasteiger partial charge in [-0.25, -0.2) is 4.79 Å². The third-order valence-electron chi connectivity index (χ3n) is 25.5. The Morgan fingerprint density at radius 2 is 1.21 bits per heavy atom. The lowest BCUT2D eigenvalue weighted by Crippen LogP contribution is -2.66. The van der Waals surface area contributed by atoms with Gasteiger partial charge in [-0.05, 0) is 150 Å². The highest BCUT2D eigenvalue weighted by molar-refractivity contribution is 6.32. The molecule has 8 heterocycles. The van der Waals surface area contributed by atoms with Crippen LogP contribution in [0.1, 0.15) is 242 Å². The number of nitrogens with one attached hydrogen (secondary N) is 8. The minimum absolute atomic E-state index is 0.0110. The van der Waals surface area contributed by atoms with Crippen molar-refractivity contribution in [3.05, 3.63) is 118 Å². The molecule has 5 aromatic rings. The van der Waals surface area contributed by atoms with E-state index in [9.17, 15) is 70.2 Å². The zero-order chi connectivity index (χ0) is 97.3. The van der Waals surface area contributed by atoms with Crippen LogP contribution in [0.3, 0.4) is 0 Å². The lowest BCUT2D eigenvalue weighted by Gasteiger charge is -2.48. The second-order valence-corrected chi connectivity index (χ2v) is 37.2. The number of hydrogen-bond donors (Lipinski definition) is 20. The van der Waals surface area contributed by atoms with E-state index in [1.54, 1.807) is 6.92 Å². The molecule has 5 aromatic carbocycles. The number of aliphatic hydroxyl groups is 6. The number of likely N-dealkylation sites (N-methyl/N-ethyl adjacent to an activating group) is 1. The molecule has 8 aliphatic rings. The van der Waals surface area contributed by atoms with Crippen molar-refractivity contribution in [2.24, 2.45) is 17.4 Å². The number of benzene rings is 5. The molecule has 22 atom stereocenters. The van der Waals surface area contributed by atoms with Gasteiger partial charge in [-0.15, -0.1) is 0 Å². The summed E-state index contributed by atoms with van der Waals surface area (Å²) >= 11 is 7.26. The molecule has 39 heteroatoms. The Balaban J connectivity index is 1.09. The van der Waals surface area contributed by atoms with E-state index in [-0.39, 0.29) is 64.9 Å². The lowest BCUT2D eigenvalue weighted by molar-refractivity contribution is -0.334. The predicted molar refractivity (Wildman–Crippen MR) is 486 cm³/mol. The Morgan fingerprint density at radius 3 is 1.81 bits per heavy atom. The number of nitrogens with zero attached hydrogens (tertiary/aromatic N) is 1. The van der Waals surface area contributed by atoms with Crippen LogP contribution in [0.4, 0.5) is 0 Å². The van der Waals surface area contributed by atoms with E-state index >= 15 is 24.0 Å². The van der Waals surface area contributed by atoms with E-state index in [1.165, 1.54) is 89.9 Å². The van der Waals surface area contributed by atoms with Crippen LogP contribution in [0.2, 0.25) is 5.02 Å². The number of unbranched alkanes of at least 4 members (excludes halogenated alkanes) is 14. The topological polar surface area (TPSA) is 581 Å². The molecule has 134 heavy (non-hydrogen) atoms. The van der Waals surface area contributed by atoms with Crippen molar-refractivity contribution in [3.8, 4) is 57.1 Å². The number of halogens is 1. The van der Waals surface area contributed by atoms with Crippen molar-refractivity contribution in [1.29, 1.82) is 0 Å². The molecule has 0 unspecified atom stereocenters. The molecule has 0 aliphatic carbocycles. The van der Waals surface area contributed by atoms with Gasteiger partial charge in [0.05, 0.1) is 54.5 Å². The number of hydrogen-bond acceptors (Lipinski definition) is 29. The first kappa shape index (κ1) is 104. The van der Waals surface area contributed by atoms with Crippen LogP contribution in [0, 0.1) is 5.92 Å². The van der Waals surface area contributed by atoms with Crippen LogP contribution in [-0.2, 0) is 66.8 Å². The molecule has 0 aromatic heterocycles. The number of carbonyl (C=O) groups excluding carboxylic acids is 8. The van der Waals surface area contributed by atoms with Gasteiger partial charge < -0.3 is 143 Å². The summed E-state index contributed by atoms with van der Waals surface area (Å²) in [6.45, 7) is 14.4. The molecule has 11 bridgehead atoms. The number of carboxylic acid groups (broad SMARTS) is 1. The van der Waals surface area contributed by atoms with Gasteiger partial charge in [-0.2, -0.15) is 0 Å². The maximum absolute atomic E-state index is 16.6. The zero-order valence-corrected chi connectivity index (χ0v) is 77.8. The lowest BCUT2D eigenvalue weighted by atomic mass is 9.85. The molecule has 38 nitrogen and oxygen atoms in total. The van der Waals surface area contributed by atoms with E-state index < -0.39 is 256 Å². The number of carbonyl (C=O) groups is 9. The van der Waals surface area contributed by atoms with E-state index in [0.29, 0.717) is 13.1 Å². The number of primary amides is 1. The number of nitrogens with two attached hydrogens (primary N) is 2. The molecular weight excluding hydrogens is 1760 g/mol. The molecule has 0 spiro atoms. The van der Waals surface area contributed by atoms with Crippen molar-refractivity contribution >= 4 is 64.8 Å². The summed E-state index contributed by atoms with van der Waals surface area (Å²) in [5, 5.41) is 138. The highest BCUT2D eigenvalue weighted by Crippen LogP contribution is 2.50. The number of aliphatic carboxylic acids is 1. The zero-order valence-electron chi connectivity index (χ0n) is 77.1. The fourth-order valence-electron chi connectivity index (χ4n) is 18.1. The number of phenols is 3. The average molecular weight is 1900 g/mol. The molecule has 736 valence electrons. The standard InChI is InChI=1S/C95H132ClN11O27/c1-10-12-14-16-18-20-22-24-34-107(35-25-23-21-19-17-15-13-11-2)46-69(113)106-95(8)45-71(128-50(6)85(95)118)133-83-80(116)79(115)67(47-108)131-93(83)134-82-65-39-54-40-66(82)130-64-33-29-53(38-59(64)96)78(114)76(104-86(119)60(99-9)36-48(3)4)90(123)100-61(43-68(97)112)87(120)101-74(54)89(122)102-73-52-28-32-62(110)57(37-52)72-58(41-55(109)42-63(72)111)75(92(125)126)103-91(124)77(105-88(73)121)81(51-26-30-56(129-65)31-27-51)132-70-44-94(7,98)84(117)49(5)127-70/h26-33,37-42,48-50,60-61,67,70-71,73-81,83-85,93,99,108-111,114-118H,10-25,34-36,43-47,98H2,1-9H3,(H2,97,112)(H,100,123)(H,101,120)(H,102,122)(H,103,124)(H,104,119)(H,105,121)(H,106,113)(H,125,126)/t49-,50-,60+,61-,67+,70-,71-,73+,74+,75-,76+,77-,78+,79+,80-,81+,83+,84-,85-,93-,94-,95-/m0/s1. The first-order chi connectivity index (χ1) is 63.7. The largest absolute Gasteiger partial charge is 0.508 e.